The maximum atomic E-state index is 12.6. The van der Waals surface area contributed by atoms with Gasteiger partial charge in [-0.05, 0) is 37.6 Å². The molecule has 94 valence electrons. The van der Waals surface area contributed by atoms with Gasteiger partial charge in [0, 0.05) is 5.69 Å². The molecule has 0 fully saturated rings. The number of carbonyl (C=O) groups excluding carboxylic acids is 1. The zero-order chi connectivity index (χ0) is 12.9. The Kier molecular flexibility index (Phi) is 4.45. The SMILES string of the molecule is CCC(C)(CO)NC(=O)Nc1ccc(F)cc1. The zero-order valence-electron chi connectivity index (χ0n) is 9.96. The highest BCUT2D eigenvalue weighted by molar-refractivity contribution is 5.89. The first kappa shape index (κ1) is 13.4. The summed E-state index contributed by atoms with van der Waals surface area (Å²) < 4.78 is 12.6. The Labute approximate surface area is 99.8 Å². The maximum absolute atomic E-state index is 12.6. The second-order valence-corrected chi connectivity index (χ2v) is 4.16. The highest BCUT2D eigenvalue weighted by atomic mass is 19.1. The van der Waals surface area contributed by atoms with E-state index in [0.717, 1.165) is 0 Å². The van der Waals surface area contributed by atoms with Crippen LogP contribution in [0.3, 0.4) is 0 Å². The number of anilines is 1. The lowest BCUT2D eigenvalue weighted by Gasteiger charge is -2.27. The summed E-state index contributed by atoms with van der Waals surface area (Å²) in [6.45, 7) is 3.48. The number of rotatable bonds is 4. The van der Waals surface area contributed by atoms with Gasteiger partial charge in [0.2, 0.25) is 0 Å². The van der Waals surface area contributed by atoms with Gasteiger partial charge in [0.1, 0.15) is 5.82 Å². The molecule has 0 aliphatic rings. The number of aliphatic hydroxyl groups is 1. The molecule has 0 aliphatic carbocycles. The van der Waals surface area contributed by atoms with Crippen molar-refractivity contribution >= 4 is 11.7 Å². The van der Waals surface area contributed by atoms with E-state index in [2.05, 4.69) is 10.6 Å². The van der Waals surface area contributed by atoms with Crippen LogP contribution in [0.4, 0.5) is 14.9 Å². The van der Waals surface area contributed by atoms with Crippen molar-refractivity contribution < 1.29 is 14.3 Å². The molecule has 1 atom stereocenters. The van der Waals surface area contributed by atoms with Crippen molar-refractivity contribution in [1.82, 2.24) is 5.32 Å². The predicted molar refractivity (Wildman–Crippen MR) is 64.3 cm³/mol. The molecule has 2 amide bonds. The summed E-state index contributed by atoms with van der Waals surface area (Å²) >= 11 is 0. The number of urea groups is 1. The summed E-state index contributed by atoms with van der Waals surface area (Å²) in [6.07, 6.45) is 0.611. The van der Waals surface area contributed by atoms with E-state index < -0.39 is 11.6 Å². The molecule has 0 aliphatic heterocycles. The van der Waals surface area contributed by atoms with E-state index >= 15 is 0 Å². The monoisotopic (exact) mass is 240 g/mol. The second-order valence-electron chi connectivity index (χ2n) is 4.16. The third-order valence-electron chi connectivity index (χ3n) is 2.65. The number of carbonyl (C=O) groups is 1. The van der Waals surface area contributed by atoms with Crippen LogP contribution in [0.5, 0.6) is 0 Å². The first-order valence-corrected chi connectivity index (χ1v) is 5.44. The Morgan fingerprint density at radius 3 is 2.47 bits per heavy atom. The number of aliphatic hydroxyl groups excluding tert-OH is 1. The molecule has 3 N–H and O–H groups in total. The summed E-state index contributed by atoms with van der Waals surface area (Å²) in [4.78, 5) is 11.6. The van der Waals surface area contributed by atoms with Crippen molar-refractivity contribution in [2.75, 3.05) is 11.9 Å². The van der Waals surface area contributed by atoms with Gasteiger partial charge < -0.3 is 15.7 Å². The van der Waals surface area contributed by atoms with E-state index in [1.807, 2.05) is 6.92 Å². The van der Waals surface area contributed by atoms with Crippen LogP contribution >= 0.6 is 0 Å². The number of nitrogens with one attached hydrogen (secondary N) is 2. The van der Waals surface area contributed by atoms with Crippen LogP contribution in [0.25, 0.3) is 0 Å². The van der Waals surface area contributed by atoms with Gasteiger partial charge in [-0.3, -0.25) is 0 Å². The standard InChI is InChI=1S/C12H17FN2O2/c1-3-12(2,8-16)15-11(17)14-10-6-4-9(13)5-7-10/h4-7,16H,3,8H2,1-2H3,(H2,14,15,17). The summed E-state index contributed by atoms with van der Waals surface area (Å²) in [5.41, 5.74) is -0.148. The Bertz CT molecular complexity index is 375. The van der Waals surface area contributed by atoms with Gasteiger partial charge in [-0.15, -0.1) is 0 Å². The third kappa shape index (κ3) is 4.03. The lowest BCUT2D eigenvalue weighted by atomic mass is 10.0. The van der Waals surface area contributed by atoms with E-state index in [4.69, 9.17) is 5.11 Å². The van der Waals surface area contributed by atoms with Crippen LogP contribution in [0.1, 0.15) is 20.3 Å². The molecule has 1 aromatic rings. The number of hydrogen-bond acceptors (Lipinski definition) is 2. The van der Waals surface area contributed by atoms with E-state index in [1.165, 1.54) is 24.3 Å². The lowest BCUT2D eigenvalue weighted by molar-refractivity contribution is 0.172. The normalized spacial score (nSPS) is 13.9. The molecule has 0 saturated heterocycles. The molecule has 0 aromatic heterocycles. The van der Waals surface area contributed by atoms with E-state index in [1.54, 1.807) is 6.92 Å². The summed E-state index contributed by atoms with van der Waals surface area (Å²) in [5.74, 6) is -0.357. The van der Waals surface area contributed by atoms with Crippen LogP contribution in [-0.2, 0) is 0 Å². The smallest absolute Gasteiger partial charge is 0.319 e. The minimum atomic E-state index is -0.649. The molecule has 0 heterocycles. The third-order valence-corrected chi connectivity index (χ3v) is 2.65. The average Bonchev–Trinajstić information content (AvgIpc) is 2.32. The van der Waals surface area contributed by atoms with E-state index in [-0.39, 0.29) is 12.4 Å². The van der Waals surface area contributed by atoms with Gasteiger partial charge in [-0.25, -0.2) is 9.18 Å². The number of halogens is 1. The maximum Gasteiger partial charge on any atom is 0.319 e. The molecule has 1 unspecified atom stereocenters. The van der Waals surface area contributed by atoms with Crippen LogP contribution in [0, 0.1) is 5.82 Å². The fourth-order valence-corrected chi connectivity index (χ4v) is 1.21. The van der Waals surface area contributed by atoms with E-state index in [9.17, 15) is 9.18 Å². The van der Waals surface area contributed by atoms with Crippen molar-refractivity contribution in [3.05, 3.63) is 30.1 Å². The quantitative estimate of drug-likeness (QED) is 0.754. The molecule has 5 heteroatoms. The number of hydrogen-bond donors (Lipinski definition) is 3. The Balaban J connectivity index is 2.58. The van der Waals surface area contributed by atoms with Crippen LogP contribution in [0.15, 0.2) is 24.3 Å². The van der Waals surface area contributed by atoms with Gasteiger partial charge in [0.25, 0.3) is 0 Å². The Morgan fingerprint density at radius 2 is 2.00 bits per heavy atom. The summed E-state index contributed by atoms with van der Waals surface area (Å²) in [7, 11) is 0. The van der Waals surface area contributed by atoms with Crippen molar-refractivity contribution in [3.8, 4) is 0 Å². The van der Waals surface area contributed by atoms with Gasteiger partial charge in [0.15, 0.2) is 0 Å². The van der Waals surface area contributed by atoms with Gasteiger partial charge >= 0.3 is 6.03 Å². The molecule has 1 rings (SSSR count). The second kappa shape index (κ2) is 5.63. The van der Waals surface area contributed by atoms with Crippen LogP contribution in [0.2, 0.25) is 0 Å². The Hall–Kier alpha value is -1.62. The predicted octanol–water partition coefficient (Wildman–Crippen LogP) is 2.11. The van der Waals surface area contributed by atoms with Gasteiger partial charge in [-0.1, -0.05) is 6.92 Å². The summed E-state index contributed by atoms with van der Waals surface area (Å²) in [6, 6.07) is 5.05. The van der Waals surface area contributed by atoms with Crippen LogP contribution in [-0.4, -0.2) is 23.3 Å². The van der Waals surface area contributed by atoms with Crippen molar-refractivity contribution in [2.24, 2.45) is 0 Å². The zero-order valence-corrected chi connectivity index (χ0v) is 9.96. The minimum Gasteiger partial charge on any atom is -0.394 e. The molecule has 0 radical (unpaired) electrons. The average molecular weight is 240 g/mol. The first-order valence-electron chi connectivity index (χ1n) is 5.44. The molecular weight excluding hydrogens is 223 g/mol. The molecule has 17 heavy (non-hydrogen) atoms. The molecule has 0 spiro atoms. The molecule has 0 bridgehead atoms. The highest BCUT2D eigenvalue weighted by Crippen LogP contribution is 2.10. The van der Waals surface area contributed by atoms with E-state index in [0.29, 0.717) is 12.1 Å². The molecule has 0 saturated carbocycles. The van der Waals surface area contributed by atoms with Crippen molar-refractivity contribution in [3.63, 3.8) is 0 Å². The van der Waals surface area contributed by atoms with Crippen LogP contribution < -0.4 is 10.6 Å². The highest BCUT2D eigenvalue weighted by Gasteiger charge is 2.22. The largest absolute Gasteiger partial charge is 0.394 e. The fraction of sp³-hybridized carbons (Fsp3) is 0.417. The number of amides is 2. The minimum absolute atomic E-state index is 0.139. The molecule has 1 aromatic carbocycles. The lowest BCUT2D eigenvalue weighted by Crippen LogP contribution is -2.50. The molecular formula is C12H17FN2O2. The Morgan fingerprint density at radius 1 is 1.41 bits per heavy atom. The van der Waals surface area contributed by atoms with Gasteiger partial charge in [0.05, 0.1) is 12.1 Å². The van der Waals surface area contributed by atoms with Crippen molar-refractivity contribution in [2.45, 2.75) is 25.8 Å². The first-order chi connectivity index (χ1) is 7.99. The topological polar surface area (TPSA) is 61.4 Å². The molecule has 4 nitrogen and oxygen atoms in total. The van der Waals surface area contributed by atoms with Crippen molar-refractivity contribution in [1.29, 1.82) is 0 Å². The summed E-state index contributed by atoms with van der Waals surface area (Å²) in [5, 5.41) is 14.4. The van der Waals surface area contributed by atoms with Gasteiger partial charge in [-0.2, -0.15) is 0 Å². The fourth-order valence-electron chi connectivity index (χ4n) is 1.21. The number of benzene rings is 1.